The Labute approximate surface area is 143 Å². The smallest absolute Gasteiger partial charge is 0.0759 e. The molecule has 0 radical (unpaired) electrons. The summed E-state index contributed by atoms with van der Waals surface area (Å²) in [5.41, 5.74) is 5.36. The van der Waals surface area contributed by atoms with E-state index in [9.17, 15) is 0 Å². The van der Waals surface area contributed by atoms with Crippen LogP contribution in [0.3, 0.4) is 0 Å². The third-order valence-corrected chi connectivity index (χ3v) is 4.82. The zero-order valence-electron chi connectivity index (χ0n) is 14.1. The van der Waals surface area contributed by atoms with Gasteiger partial charge in [-0.2, -0.15) is 0 Å². The van der Waals surface area contributed by atoms with Crippen LogP contribution in [-0.4, -0.2) is 21.0 Å². The van der Waals surface area contributed by atoms with Crippen molar-refractivity contribution in [1.29, 1.82) is 0 Å². The van der Waals surface area contributed by atoms with E-state index in [1.54, 1.807) is 0 Å². The average Bonchev–Trinajstić information content (AvgIpc) is 2.97. The monoisotopic (exact) mass is 317 g/mol. The first kappa shape index (κ1) is 15.2. The molecule has 4 rings (SSSR count). The fourth-order valence-electron chi connectivity index (χ4n) is 3.76. The molecule has 0 unspecified atom stereocenters. The zero-order valence-corrected chi connectivity index (χ0v) is 14.1. The fourth-order valence-corrected chi connectivity index (χ4v) is 3.76. The van der Waals surface area contributed by atoms with Crippen LogP contribution in [0.25, 0.3) is 0 Å². The molecule has 0 saturated carbocycles. The molecule has 24 heavy (non-hydrogen) atoms. The molecule has 3 aromatic rings. The van der Waals surface area contributed by atoms with Crippen molar-refractivity contribution in [2.75, 3.05) is 6.54 Å². The van der Waals surface area contributed by atoms with Crippen LogP contribution in [-0.2, 0) is 13.1 Å². The van der Waals surface area contributed by atoms with E-state index in [0.29, 0.717) is 6.04 Å². The highest BCUT2D eigenvalue weighted by molar-refractivity contribution is 5.32. The fraction of sp³-hybridized carbons (Fsp3) is 0.286. The first-order valence-corrected chi connectivity index (χ1v) is 8.66. The predicted octanol–water partition coefficient (Wildman–Crippen LogP) is 4.19. The summed E-state index contributed by atoms with van der Waals surface area (Å²) in [4.78, 5) is 6.88. The highest BCUT2D eigenvalue weighted by atomic mass is 15.2. The van der Waals surface area contributed by atoms with Crippen LogP contribution in [0, 0.1) is 6.92 Å². The molecule has 1 aliphatic rings. The topological polar surface area (TPSA) is 21.1 Å². The molecule has 3 nitrogen and oxygen atoms in total. The maximum Gasteiger partial charge on any atom is 0.0759 e. The molecule has 0 amide bonds. The lowest BCUT2D eigenvalue weighted by atomic mass is 9.99. The molecule has 0 saturated heterocycles. The largest absolute Gasteiger partial charge is 0.350 e. The second-order valence-corrected chi connectivity index (χ2v) is 6.63. The summed E-state index contributed by atoms with van der Waals surface area (Å²) in [5.74, 6) is 0. The number of aromatic nitrogens is 2. The lowest BCUT2D eigenvalue weighted by Crippen LogP contribution is -2.29. The SMILES string of the molecule is Cc1cccc([C@@H]2c3cccn3CCCN2Cc2cccnc2)c1. The van der Waals surface area contributed by atoms with E-state index in [-0.39, 0.29) is 0 Å². The van der Waals surface area contributed by atoms with Gasteiger partial charge >= 0.3 is 0 Å². The lowest BCUT2D eigenvalue weighted by Gasteiger charge is -2.30. The number of pyridine rings is 1. The summed E-state index contributed by atoms with van der Waals surface area (Å²) in [7, 11) is 0. The number of nitrogens with zero attached hydrogens (tertiary/aromatic N) is 3. The number of rotatable bonds is 3. The van der Waals surface area contributed by atoms with Gasteiger partial charge in [-0.15, -0.1) is 0 Å². The Morgan fingerprint density at radius 2 is 2.04 bits per heavy atom. The molecule has 0 spiro atoms. The molecule has 0 aliphatic carbocycles. The van der Waals surface area contributed by atoms with Crippen molar-refractivity contribution in [3.05, 3.63) is 89.5 Å². The van der Waals surface area contributed by atoms with Crippen molar-refractivity contribution < 1.29 is 0 Å². The van der Waals surface area contributed by atoms with E-state index < -0.39 is 0 Å². The number of benzene rings is 1. The first-order valence-electron chi connectivity index (χ1n) is 8.66. The van der Waals surface area contributed by atoms with Gasteiger partial charge in [0.2, 0.25) is 0 Å². The van der Waals surface area contributed by atoms with Gasteiger partial charge in [0.15, 0.2) is 0 Å². The van der Waals surface area contributed by atoms with Crippen LogP contribution < -0.4 is 0 Å². The third kappa shape index (κ3) is 3.00. The molecular formula is C21H23N3. The summed E-state index contributed by atoms with van der Waals surface area (Å²) in [6.07, 6.45) is 7.21. The van der Waals surface area contributed by atoms with Crippen molar-refractivity contribution in [2.45, 2.75) is 32.5 Å². The summed E-state index contributed by atoms with van der Waals surface area (Å²) < 4.78 is 2.41. The Hall–Kier alpha value is -2.39. The van der Waals surface area contributed by atoms with Crippen LogP contribution in [0.15, 0.2) is 67.1 Å². The van der Waals surface area contributed by atoms with E-state index in [1.807, 2.05) is 18.5 Å². The van der Waals surface area contributed by atoms with Crippen molar-refractivity contribution in [3.63, 3.8) is 0 Å². The van der Waals surface area contributed by atoms with Crippen molar-refractivity contribution >= 4 is 0 Å². The molecule has 3 heterocycles. The zero-order chi connectivity index (χ0) is 16.4. The number of hydrogen-bond acceptors (Lipinski definition) is 2. The number of fused-ring (bicyclic) bond motifs is 1. The van der Waals surface area contributed by atoms with Gasteiger partial charge in [-0.05, 0) is 42.7 Å². The highest BCUT2D eigenvalue weighted by Gasteiger charge is 2.27. The quantitative estimate of drug-likeness (QED) is 0.722. The van der Waals surface area contributed by atoms with Gasteiger partial charge in [-0.25, -0.2) is 0 Å². The number of aryl methyl sites for hydroxylation is 2. The Morgan fingerprint density at radius 1 is 1.08 bits per heavy atom. The van der Waals surface area contributed by atoms with E-state index in [1.165, 1.54) is 28.8 Å². The van der Waals surface area contributed by atoms with Crippen LogP contribution in [0.5, 0.6) is 0 Å². The van der Waals surface area contributed by atoms with Crippen LogP contribution in [0.2, 0.25) is 0 Å². The molecule has 3 heteroatoms. The van der Waals surface area contributed by atoms with Crippen molar-refractivity contribution in [1.82, 2.24) is 14.5 Å². The minimum atomic E-state index is 0.294. The molecule has 1 aliphatic heterocycles. The molecule has 0 bridgehead atoms. The Morgan fingerprint density at radius 3 is 2.88 bits per heavy atom. The normalized spacial score (nSPS) is 18.1. The molecule has 122 valence electrons. The van der Waals surface area contributed by atoms with Gasteiger partial charge in [0, 0.05) is 43.9 Å². The van der Waals surface area contributed by atoms with Crippen LogP contribution >= 0.6 is 0 Å². The standard InChI is InChI=1S/C21H23N3/c1-17-6-2-8-19(14-17)21-20-9-4-11-23(20)12-5-13-24(21)16-18-7-3-10-22-15-18/h2-4,6-11,14-15,21H,5,12-13,16H2,1H3/t21-/m1/s1. The van der Waals surface area contributed by atoms with Gasteiger partial charge < -0.3 is 4.57 Å². The van der Waals surface area contributed by atoms with E-state index in [0.717, 1.165) is 19.6 Å². The maximum atomic E-state index is 4.29. The van der Waals surface area contributed by atoms with Crippen LogP contribution in [0.1, 0.15) is 34.8 Å². The summed E-state index contributed by atoms with van der Waals surface area (Å²) in [6.45, 7) is 5.28. The minimum Gasteiger partial charge on any atom is -0.350 e. The van der Waals surface area contributed by atoms with Gasteiger partial charge in [0.25, 0.3) is 0 Å². The van der Waals surface area contributed by atoms with E-state index in [2.05, 4.69) is 70.0 Å². The Kier molecular flexibility index (Phi) is 4.18. The second kappa shape index (κ2) is 6.62. The van der Waals surface area contributed by atoms with Crippen molar-refractivity contribution in [3.8, 4) is 0 Å². The molecule has 0 N–H and O–H groups in total. The molecule has 1 aromatic carbocycles. The van der Waals surface area contributed by atoms with E-state index >= 15 is 0 Å². The highest BCUT2D eigenvalue weighted by Crippen LogP contribution is 2.33. The van der Waals surface area contributed by atoms with Gasteiger partial charge in [-0.3, -0.25) is 9.88 Å². The van der Waals surface area contributed by atoms with Crippen LogP contribution in [0.4, 0.5) is 0 Å². The Balaban J connectivity index is 1.76. The van der Waals surface area contributed by atoms with Gasteiger partial charge in [0.05, 0.1) is 6.04 Å². The van der Waals surface area contributed by atoms with E-state index in [4.69, 9.17) is 0 Å². The van der Waals surface area contributed by atoms with Crippen molar-refractivity contribution in [2.24, 2.45) is 0 Å². The lowest BCUT2D eigenvalue weighted by molar-refractivity contribution is 0.220. The molecular weight excluding hydrogens is 294 g/mol. The summed E-state index contributed by atoms with van der Waals surface area (Å²) in [5, 5.41) is 0. The summed E-state index contributed by atoms with van der Waals surface area (Å²) in [6, 6.07) is 17.9. The predicted molar refractivity (Wildman–Crippen MR) is 96.7 cm³/mol. The Bertz CT molecular complexity index is 807. The molecule has 1 atom stereocenters. The average molecular weight is 317 g/mol. The maximum absolute atomic E-state index is 4.29. The van der Waals surface area contributed by atoms with Gasteiger partial charge in [-0.1, -0.05) is 35.9 Å². The molecule has 0 fully saturated rings. The second-order valence-electron chi connectivity index (χ2n) is 6.63. The summed E-state index contributed by atoms with van der Waals surface area (Å²) >= 11 is 0. The number of hydrogen-bond donors (Lipinski definition) is 0. The minimum absolute atomic E-state index is 0.294. The molecule has 2 aromatic heterocycles. The first-order chi connectivity index (χ1) is 11.8. The third-order valence-electron chi connectivity index (χ3n) is 4.82. The van der Waals surface area contributed by atoms with Gasteiger partial charge in [0.1, 0.15) is 0 Å².